The van der Waals surface area contributed by atoms with E-state index in [0.29, 0.717) is 20.8 Å². The van der Waals surface area contributed by atoms with E-state index in [9.17, 15) is 0 Å². The zero-order valence-electron chi connectivity index (χ0n) is 13.4. The van der Waals surface area contributed by atoms with E-state index < -0.39 is 0 Å². The Balaban J connectivity index is 2.48. The molecule has 0 spiro atoms. The Kier molecular flexibility index (Phi) is 9.94. The van der Waals surface area contributed by atoms with Crippen LogP contribution >= 0.6 is 34.8 Å². The second-order valence-corrected chi connectivity index (χ2v) is 6.46. The van der Waals surface area contributed by atoms with Crippen LogP contribution in [0.1, 0.15) is 58.8 Å². The molecule has 0 saturated carbocycles. The molecule has 0 aliphatic heterocycles. The van der Waals surface area contributed by atoms with Crippen molar-refractivity contribution in [3.8, 4) is 0 Å². The van der Waals surface area contributed by atoms with E-state index in [1.807, 2.05) is 0 Å². The number of benzene rings is 1. The van der Waals surface area contributed by atoms with Crippen molar-refractivity contribution >= 4 is 46.3 Å². The number of hydrogen-bond acceptors (Lipinski definition) is 1. The topological polar surface area (TPSA) is 24.4 Å². The third kappa shape index (κ3) is 6.76. The van der Waals surface area contributed by atoms with Gasteiger partial charge in [-0.1, -0.05) is 80.8 Å². The van der Waals surface area contributed by atoms with Crippen LogP contribution < -0.4 is 5.32 Å². The summed E-state index contributed by atoms with van der Waals surface area (Å²) in [5.41, 5.74) is 0.656. The van der Waals surface area contributed by atoms with Crippen LogP contribution in [0, 0.1) is 0 Å². The molecule has 0 bridgehead atoms. The average Bonchev–Trinajstić information content (AvgIpc) is 2.53. The fraction of sp³-hybridized carbons (Fsp3) is 0.588. The molecular weight excluding hydrogens is 339 g/mol. The number of rotatable bonds is 9. The van der Waals surface area contributed by atoms with E-state index in [4.69, 9.17) is 34.8 Å². The highest BCUT2D eigenvalue weighted by molar-refractivity contribution is 6.49. The number of unbranched alkanes of at least 4 members (excludes halogenated alkanes) is 5. The largest absolute Gasteiger partial charge is 0.374 e. The summed E-state index contributed by atoms with van der Waals surface area (Å²) in [7, 11) is 0. The molecule has 0 aromatic heterocycles. The molecule has 0 radical (unpaired) electrons. The fourth-order valence-corrected chi connectivity index (χ4v) is 2.70. The molecule has 0 atom stereocenters. The lowest BCUT2D eigenvalue weighted by atomic mass is 10.1. The molecule has 0 fully saturated rings. The maximum Gasteiger partial charge on any atom is 0.102 e. The maximum absolute atomic E-state index is 6.18. The van der Waals surface area contributed by atoms with Gasteiger partial charge in [0.2, 0.25) is 0 Å². The third-order valence-corrected chi connectivity index (χ3v) is 4.75. The quantitative estimate of drug-likeness (QED) is 0.216. The van der Waals surface area contributed by atoms with Crippen molar-refractivity contribution in [3.63, 3.8) is 0 Å². The van der Waals surface area contributed by atoms with Crippen LogP contribution in [0.3, 0.4) is 0 Å². The maximum atomic E-state index is 6.18. The number of amidine groups is 1. The average molecular weight is 364 g/mol. The Morgan fingerprint density at radius 1 is 0.955 bits per heavy atom. The van der Waals surface area contributed by atoms with E-state index in [2.05, 4.69) is 24.2 Å². The number of nitrogens with zero attached hydrogens (tertiary/aromatic N) is 1. The van der Waals surface area contributed by atoms with Crippen molar-refractivity contribution in [1.82, 2.24) is 5.32 Å². The van der Waals surface area contributed by atoms with Crippen LogP contribution in [0.2, 0.25) is 15.1 Å². The number of halogens is 3. The SMILES string of the molecule is CCCCCCCCN/C(CC)=N\c1ccc(Cl)c(Cl)c1Cl. The van der Waals surface area contributed by atoms with E-state index >= 15 is 0 Å². The molecule has 1 N–H and O–H groups in total. The zero-order valence-corrected chi connectivity index (χ0v) is 15.7. The first-order valence-electron chi connectivity index (χ1n) is 8.05. The lowest BCUT2D eigenvalue weighted by Crippen LogP contribution is -2.23. The summed E-state index contributed by atoms with van der Waals surface area (Å²) in [5.74, 6) is 0.925. The summed E-state index contributed by atoms with van der Waals surface area (Å²) in [6.45, 7) is 5.25. The van der Waals surface area contributed by atoms with Gasteiger partial charge in [0, 0.05) is 13.0 Å². The molecular formula is C17H25Cl3N2. The first-order valence-corrected chi connectivity index (χ1v) is 9.18. The van der Waals surface area contributed by atoms with Gasteiger partial charge in [0.1, 0.15) is 5.84 Å². The Bertz CT molecular complexity index is 487. The Hall–Kier alpha value is -0.440. The van der Waals surface area contributed by atoms with Gasteiger partial charge in [-0.15, -0.1) is 0 Å². The Labute approximate surface area is 149 Å². The summed E-state index contributed by atoms with van der Waals surface area (Å²) in [6.07, 6.45) is 8.53. The van der Waals surface area contributed by atoms with Crippen molar-refractivity contribution in [3.05, 3.63) is 27.2 Å². The molecule has 0 amide bonds. The van der Waals surface area contributed by atoms with Crippen molar-refractivity contribution in [1.29, 1.82) is 0 Å². The highest BCUT2D eigenvalue weighted by Gasteiger charge is 2.08. The van der Waals surface area contributed by atoms with Crippen LogP contribution in [0.25, 0.3) is 0 Å². The lowest BCUT2D eigenvalue weighted by Gasteiger charge is -2.09. The van der Waals surface area contributed by atoms with Gasteiger partial charge in [0.05, 0.1) is 20.8 Å². The molecule has 5 heteroatoms. The molecule has 124 valence electrons. The van der Waals surface area contributed by atoms with E-state index in [1.54, 1.807) is 12.1 Å². The van der Waals surface area contributed by atoms with Crippen molar-refractivity contribution in [2.24, 2.45) is 4.99 Å². The van der Waals surface area contributed by atoms with Gasteiger partial charge in [-0.05, 0) is 18.6 Å². The molecule has 1 rings (SSSR count). The van der Waals surface area contributed by atoms with Crippen LogP contribution in [-0.2, 0) is 0 Å². The minimum atomic E-state index is 0.357. The molecule has 1 aromatic rings. The summed E-state index contributed by atoms with van der Waals surface area (Å²) in [4.78, 5) is 4.56. The molecule has 1 aromatic carbocycles. The molecule has 0 heterocycles. The second kappa shape index (κ2) is 11.2. The minimum absolute atomic E-state index is 0.357. The van der Waals surface area contributed by atoms with Crippen LogP contribution in [0.15, 0.2) is 17.1 Å². The number of hydrogen-bond donors (Lipinski definition) is 1. The van der Waals surface area contributed by atoms with Crippen molar-refractivity contribution < 1.29 is 0 Å². The second-order valence-electron chi connectivity index (χ2n) is 5.30. The smallest absolute Gasteiger partial charge is 0.102 e. The minimum Gasteiger partial charge on any atom is -0.374 e. The third-order valence-electron chi connectivity index (χ3n) is 3.46. The monoisotopic (exact) mass is 362 g/mol. The molecule has 22 heavy (non-hydrogen) atoms. The van der Waals surface area contributed by atoms with Gasteiger partial charge >= 0.3 is 0 Å². The highest BCUT2D eigenvalue weighted by atomic mass is 35.5. The number of aliphatic imine (C=N–C) groups is 1. The van der Waals surface area contributed by atoms with Crippen LogP contribution in [-0.4, -0.2) is 12.4 Å². The van der Waals surface area contributed by atoms with Crippen LogP contribution in [0.4, 0.5) is 5.69 Å². The van der Waals surface area contributed by atoms with Gasteiger partial charge in [-0.25, -0.2) is 4.99 Å². The van der Waals surface area contributed by atoms with Crippen molar-refractivity contribution in [2.45, 2.75) is 58.8 Å². The molecule has 2 nitrogen and oxygen atoms in total. The van der Waals surface area contributed by atoms with E-state index in [1.165, 1.54) is 32.1 Å². The van der Waals surface area contributed by atoms with Crippen LogP contribution in [0.5, 0.6) is 0 Å². The first-order chi connectivity index (χ1) is 10.6. The molecule has 0 saturated heterocycles. The number of nitrogens with one attached hydrogen (secondary N) is 1. The standard InChI is InChI=1S/C17H25Cl3N2/c1-3-5-6-7-8-9-12-21-15(4-2)22-14-11-10-13(18)16(19)17(14)20/h10-11H,3-9,12H2,1-2H3,(H,21,22). The van der Waals surface area contributed by atoms with Gasteiger partial charge in [-0.2, -0.15) is 0 Å². The normalized spacial score (nSPS) is 11.8. The molecule has 0 unspecified atom stereocenters. The summed E-state index contributed by atoms with van der Waals surface area (Å²) >= 11 is 18.2. The Morgan fingerprint density at radius 2 is 1.64 bits per heavy atom. The van der Waals surface area contributed by atoms with Crippen molar-refractivity contribution in [2.75, 3.05) is 6.54 Å². The highest BCUT2D eigenvalue weighted by Crippen LogP contribution is 2.37. The van der Waals surface area contributed by atoms with Gasteiger partial charge < -0.3 is 5.32 Å². The van der Waals surface area contributed by atoms with Gasteiger partial charge in [-0.3, -0.25) is 0 Å². The summed E-state index contributed by atoms with van der Waals surface area (Å²) < 4.78 is 0. The van der Waals surface area contributed by atoms with Gasteiger partial charge in [0.25, 0.3) is 0 Å². The molecule has 0 aliphatic carbocycles. The summed E-state index contributed by atoms with van der Waals surface area (Å²) in [6, 6.07) is 3.51. The predicted molar refractivity (Wildman–Crippen MR) is 100 cm³/mol. The fourth-order valence-electron chi connectivity index (χ4n) is 2.13. The predicted octanol–water partition coefficient (Wildman–Crippen LogP) is 7.04. The van der Waals surface area contributed by atoms with E-state index in [-0.39, 0.29) is 0 Å². The summed E-state index contributed by atoms with van der Waals surface area (Å²) in [5, 5.41) is 4.59. The Morgan fingerprint density at radius 3 is 2.32 bits per heavy atom. The lowest BCUT2D eigenvalue weighted by molar-refractivity contribution is 0.601. The van der Waals surface area contributed by atoms with Gasteiger partial charge in [0.15, 0.2) is 0 Å². The first kappa shape index (κ1) is 19.6. The van der Waals surface area contributed by atoms with E-state index in [0.717, 1.165) is 25.2 Å². The molecule has 0 aliphatic rings. The zero-order chi connectivity index (χ0) is 16.4.